The number of carbonyl (C=O) groups excluding carboxylic acids is 2. The Hall–Kier alpha value is -2.70. The summed E-state index contributed by atoms with van der Waals surface area (Å²) in [5.41, 5.74) is 0.646. The quantitative estimate of drug-likeness (QED) is 0.573. The van der Waals surface area contributed by atoms with Gasteiger partial charge in [-0.25, -0.2) is 4.79 Å². The normalized spacial score (nSPS) is 15.1. The molecule has 1 aromatic rings. The standard InChI is InChI=1S/C19H26N2O5/c1-24-14-9-10-15(17(11-14)25-2)21-16(12-18(22)26-3)19(23)20-13-7-5-4-6-8-13/h9-13,21H,4-8H2,1-3H3,(H,20,23)/b16-12-. The van der Waals surface area contributed by atoms with E-state index in [0.29, 0.717) is 17.2 Å². The van der Waals surface area contributed by atoms with Crippen molar-refractivity contribution in [3.63, 3.8) is 0 Å². The molecular formula is C19H26N2O5. The van der Waals surface area contributed by atoms with Gasteiger partial charge in [-0.05, 0) is 25.0 Å². The van der Waals surface area contributed by atoms with Crippen molar-refractivity contribution >= 4 is 17.6 Å². The Labute approximate surface area is 153 Å². The van der Waals surface area contributed by atoms with E-state index in [1.54, 1.807) is 25.3 Å². The van der Waals surface area contributed by atoms with Crippen LogP contribution in [0.25, 0.3) is 0 Å². The monoisotopic (exact) mass is 362 g/mol. The Morgan fingerprint density at radius 1 is 1.08 bits per heavy atom. The molecule has 1 aliphatic carbocycles. The molecule has 7 heteroatoms. The fourth-order valence-electron chi connectivity index (χ4n) is 2.89. The molecule has 2 rings (SSSR count). The van der Waals surface area contributed by atoms with Gasteiger partial charge in [0.05, 0.1) is 33.1 Å². The lowest BCUT2D eigenvalue weighted by molar-refractivity contribution is -0.135. The van der Waals surface area contributed by atoms with Crippen LogP contribution in [0.4, 0.5) is 5.69 Å². The smallest absolute Gasteiger partial charge is 0.332 e. The number of methoxy groups -OCH3 is 3. The van der Waals surface area contributed by atoms with Gasteiger partial charge >= 0.3 is 5.97 Å². The summed E-state index contributed by atoms with van der Waals surface area (Å²) in [5, 5.41) is 5.96. The highest BCUT2D eigenvalue weighted by Crippen LogP contribution is 2.30. The van der Waals surface area contributed by atoms with Crippen LogP contribution >= 0.6 is 0 Å². The third-order valence-electron chi connectivity index (χ3n) is 4.33. The number of esters is 1. The van der Waals surface area contributed by atoms with Gasteiger partial charge in [-0.3, -0.25) is 4.79 Å². The fraction of sp³-hybridized carbons (Fsp3) is 0.474. The first-order valence-electron chi connectivity index (χ1n) is 8.67. The Balaban J connectivity index is 2.20. The number of amides is 1. The summed E-state index contributed by atoms with van der Waals surface area (Å²) >= 11 is 0. The van der Waals surface area contributed by atoms with Crippen LogP contribution in [0.2, 0.25) is 0 Å². The molecule has 0 atom stereocenters. The highest BCUT2D eigenvalue weighted by molar-refractivity contribution is 6.02. The molecule has 1 amide bonds. The summed E-state index contributed by atoms with van der Waals surface area (Å²) in [7, 11) is 4.34. The van der Waals surface area contributed by atoms with E-state index in [9.17, 15) is 9.59 Å². The van der Waals surface area contributed by atoms with Crippen molar-refractivity contribution < 1.29 is 23.8 Å². The van der Waals surface area contributed by atoms with Crippen LogP contribution in [0.15, 0.2) is 30.0 Å². The molecule has 0 aromatic heterocycles. The van der Waals surface area contributed by atoms with E-state index in [1.165, 1.54) is 20.6 Å². The second-order valence-electron chi connectivity index (χ2n) is 6.08. The minimum Gasteiger partial charge on any atom is -0.497 e. The van der Waals surface area contributed by atoms with E-state index in [4.69, 9.17) is 9.47 Å². The van der Waals surface area contributed by atoms with Crippen LogP contribution in [0.1, 0.15) is 32.1 Å². The second kappa shape index (κ2) is 9.70. The lowest BCUT2D eigenvalue weighted by Gasteiger charge is -2.23. The number of anilines is 1. The first kappa shape index (κ1) is 19.6. The highest BCUT2D eigenvalue weighted by Gasteiger charge is 2.20. The number of ether oxygens (including phenoxy) is 3. The molecule has 142 valence electrons. The van der Waals surface area contributed by atoms with Gasteiger partial charge in [0, 0.05) is 12.1 Å². The first-order chi connectivity index (χ1) is 12.6. The van der Waals surface area contributed by atoms with Crippen LogP contribution in [0.3, 0.4) is 0 Å². The van der Waals surface area contributed by atoms with Crippen molar-refractivity contribution in [2.45, 2.75) is 38.1 Å². The predicted molar refractivity (Wildman–Crippen MR) is 98.3 cm³/mol. The third kappa shape index (κ3) is 5.40. The first-order valence-corrected chi connectivity index (χ1v) is 8.67. The minimum absolute atomic E-state index is 0.103. The summed E-state index contributed by atoms with van der Waals surface area (Å²) in [6, 6.07) is 5.27. The number of rotatable bonds is 7. The Morgan fingerprint density at radius 2 is 1.81 bits per heavy atom. The van der Waals surface area contributed by atoms with Crippen LogP contribution in [-0.2, 0) is 14.3 Å². The van der Waals surface area contributed by atoms with E-state index in [2.05, 4.69) is 15.4 Å². The van der Waals surface area contributed by atoms with Gasteiger partial charge < -0.3 is 24.8 Å². The molecule has 0 saturated heterocycles. The van der Waals surface area contributed by atoms with Gasteiger partial charge in [0.1, 0.15) is 17.2 Å². The van der Waals surface area contributed by atoms with Crippen LogP contribution in [0.5, 0.6) is 11.5 Å². The lowest BCUT2D eigenvalue weighted by Crippen LogP contribution is -2.38. The predicted octanol–water partition coefficient (Wildman–Crippen LogP) is 2.62. The average Bonchev–Trinajstić information content (AvgIpc) is 2.68. The maximum Gasteiger partial charge on any atom is 0.332 e. The minimum atomic E-state index is -0.612. The van der Waals surface area contributed by atoms with Crippen molar-refractivity contribution in [3.8, 4) is 11.5 Å². The SMILES string of the molecule is COC(=O)/C=C(\Nc1ccc(OC)cc1OC)C(=O)NC1CCCCC1. The van der Waals surface area contributed by atoms with E-state index in [-0.39, 0.29) is 17.6 Å². The van der Waals surface area contributed by atoms with Gasteiger partial charge in [-0.2, -0.15) is 0 Å². The van der Waals surface area contributed by atoms with Crippen molar-refractivity contribution in [2.24, 2.45) is 0 Å². The Kier molecular flexibility index (Phi) is 7.32. The zero-order chi connectivity index (χ0) is 18.9. The Bertz CT molecular complexity index is 666. The molecule has 26 heavy (non-hydrogen) atoms. The summed E-state index contributed by atoms with van der Waals surface area (Å²) < 4.78 is 15.2. The number of benzene rings is 1. The van der Waals surface area contributed by atoms with Crippen molar-refractivity contribution in [3.05, 3.63) is 30.0 Å². The van der Waals surface area contributed by atoms with Crippen molar-refractivity contribution in [1.29, 1.82) is 0 Å². The zero-order valence-corrected chi connectivity index (χ0v) is 15.5. The van der Waals surface area contributed by atoms with Gasteiger partial charge in [0.15, 0.2) is 0 Å². The molecule has 1 aromatic carbocycles. The van der Waals surface area contributed by atoms with E-state index in [0.717, 1.165) is 31.8 Å². The van der Waals surface area contributed by atoms with Crippen molar-refractivity contribution in [2.75, 3.05) is 26.6 Å². The van der Waals surface area contributed by atoms with Crippen LogP contribution < -0.4 is 20.1 Å². The Morgan fingerprint density at radius 3 is 2.42 bits per heavy atom. The lowest BCUT2D eigenvalue weighted by atomic mass is 9.95. The van der Waals surface area contributed by atoms with Gasteiger partial charge in [-0.15, -0.1) is 0 Å². The summed E-state index contributed by atoms with van der Waals surface area (Å²) in [5.74, 6) is 0.155. The third-order valence-corrected chi connectivity index (χ3v) is 4.33. The van der Waals surface area contributed by atoms with E-state index in [1.807, 2.05) is 0 Å². The van der Waals surface area contributed by atoms with Gasteiger partial charge in [0.25, 0.3) is 5.91 Å². The largest absolute Gasteiger partial charge is 0.497 e. The number of nitrogens with one attached hydrogen (secondary N) is 2. The fourth-order valence-corrected chi connectivity index (χ4v) is 2.89. The molecular weight excluding hydrogens is 336 g/mol. The zero-order valence-electron chi connectivity index (χ0n) is 15.5. The maximum atomic E-state index is 12.7. The molecule has 0 unspecified atom stereocenters. The summed E-state index contributed by atoms with van der Waals surface area (Å²) in [6.45, 7) is 0. The summed E-state index contributed by atoms with van der Waals surface area (Å²) in [4.78, 5) is 24.4. The molecule has 0 spiro atoms. The number of carbonyl (C=O) groups is 2. The van der Waals surface area contributed by atoms with Crippen LogP contribution in [-0.4, -0.2) is 39.2 Å². The molecule has 0 heterocycles. The number of hydrogen-bond donors (Lipinski definition) is 2. The second-order valence-corrected chi connectivity index (χ2v) is 6.08. The highest BCUT2D eigenvalue weighted by atomic mass is 16.5. The molecule has 1 saturated carbocycles. The number of hydrogen-bond acceptors (Lipinski definition) is 6. The molecule has 0 aliphatic heterocycles. The molecule has 1 aliphatic rings. The summed E-state index contributed by atoms with van der Waals surface area (Å²) in [6.07, 6.45) is 6.42. The molecule has 7 nitrogen and oxygen atoms in total. The van der Waals surface area contributed by atoms with Gasteiger partial charge in [0.2, 0.25) is 0 Å². The molecule has 2 N–H and O–H groups in total. The molecule has 0 bridgehead atoms. The average molecular weight is 362 g/mol. The molecule has 0 radical (unpaired) electrons. The maximum absolute atomic E-state index is 12.7. The van der Waals surface area contributed by atoms with E-state index >= 15 is 0 Å². The molecule has 1 fully saturated rings. The topological polar surface area (TPSA) is 85.9 Å². The van der Waals surface area contributed by atoms with Crippen LogP contribution in [0, 0.1) is 0 Å². The van der Waals surface area contributed by atoms with E-state index < -0.39 is 5.97 Å². The van der Waals surface area contributed by atoms with Crippen molar-refractivity contribution in [1.82, 2.24) is 5.32 Å². The van der Waals surface area contributed by atoms with Gasteiger partial charge in [-0.1, -0.05) is 19.3 Å².